The Morgan fingerprint density at radius 3 is 2.43 bits per heavy atom. The third-order valence-corrected chi connectivity index (χ3v) is 6.09. The number of rotatable bonds is 5. The molecule has 2 atom stereocenters. The van der Waals surface area contributed by atoms with E-state index in [1.165, 1.54) is 0 Å². The fourth-order valence-electron chi connectivity index (χ4n) is 4.04. The molecule has 35 heavy (non-hydrogen) atoms. The second-order valence-corrected chi connectivity index (χ2v) is 9.38. The summed E-state index contributed by atoms with van der Waals surface area (Å²) in [6.45, 7) is 6.26. The number of hydrogen-bond acceptors (Lipinski definition) is 6. The number of ether oxygens (including phenoxy) is 3. The molecule has 0 aromatic heterocycles. The van der Waals surface area contributed by atoms with Gasteiger partial charge in [-0.2, -0.15) is 0 Å². The summed E-state index contributed by atoms with van der Waals surface area (Å²) in [5, 5.41) is 6.17. The molecule has 186 valence electrons. The van der Waals surface area contributed by atoms with Gasteiger partial charge >= 0.3 is 0 Å². The van der Waals surface area contributed by atoms with E-state index in [1.807, 2.05) is 6.92 Å². The summed E-state index contributed by atoms with van der Waals surface area (Å²) in [7, 11) is 0. The fraction of sp³-hybridized carbons (Fsp3) is 0.400. The molecule has 2 aliphatic rings. The van der Waals surface area contributed by atoms with Gasteiger partial charge in [0.25, 0.3) is 11.8 Å². The number of aryl methyl sites for hydroxylation is 1. The third-order valence-electron chi connectivity index (χ3n) is 5.83. The molecule has 4 rings (SSSR count). The van der Waals surface area contributed by atoms with E-state index in [1.54, 1.807) is 61.2 Å². The number of hydrogen-bond donors (Lipinski definition) is 2. The van der Waals surface area contributed by atoms with Crippen molar-refractivity contribution in [1.29, 1.82) is 0 Å². The first kappa shape index (κ1) is 25.1. The van der Waals surface area contributed by atoms with E-state index in [4.69, 9.17) is 25.8 Å². The van der Waals surface area contributed by atoms with Crippen LogP contribution in [-0.4, -0.2) is 56.0 Å². The Balaban J connectivity index is 1.48. The van der Waals surface area contributed by atoms with Crippen LogP contribution in [0.2, 0.25) is 5.02 Å². The van der Waals surface area contributed by atoms with Crippen LogP contribution in [0.4, 0.5) is 17.1 Å². The van der Waals surface area contributed by atoms with Gasteiger partial charge in [-0.15, -0.1) is 0 Å². The number of halogens is 1. The summed E-state index contributed by atoms with van der Waals surface area (Å²) in [4.78, 5) is 40.1. The van der Waals surface area contributed by atoms with Crippen LogP contribution in [0, 0.1) is 12.8 Å². The lowest BCUT2D eigenvalue weighted by Gasteiger charge is -2.39. The highest BCUT2D eigenvalue weighted by atomic mass is 35.5. The van der Waals surface area contributed by atoms with E-state index >= 15 is 0 Å². The van der Waals surface area contributed by atoms with Crippen LogP contribution < -0.4 is 15.5 Å². The van der Waals surface area contributed by atoms with Crippen molar-refractivity contribution in [2.45, 2.75) is 32.7 Å². The molecule has 2 fully saturated rings. The first-order valence-corrected chi connectivity index (χ1v) is 11.7. The maximum Gasteiger partial charge on any atom is 0.254 e. The number of anilines is 3. The summed E-state index contributed by atoms with van der Waals surface area (Å²) in [5.74, 6) is -2.88. The van der Waals surface area contributed by atoms with Crippen LogP contribution in [0.15, 0.2) is 42.5 Å². The van der Waals surface area contributed by atoms with E-state index in [0.29, 0.717) is 29.5 Å². The van der Waals surface area contributed by atoms with Crippen molar-refractivity contribution in [3.8, 4) is 0 Å². The van der Waals surface area contributed by atoms with Crippen LogP contribution in [0.25, 0.3) is 0 Å². The normalized spacial score (nSPS) is 21.9. The fourth-order valence-corrected chi connectivity index (χ4v) is 4.17. The number of benzene rings is 2. The van der Waals surface area contributed by atoms with Crippen molar-refractivity contribution >= 4 is 46.4 Å². The highest BCUT2D eigenvalue weighted by Crippen LogP contribution is 2.30. The second kappa shape index (κ2) is 10.3. The molecule has 0 radical (unpaired) electrons. The average molecular weight is 502 g/mol. The number of nitrogens with zero attached hydrogens (tertiary/aromatic N) is 1. The number of carbonyl (C=O) groups excluding carboxylic acids is 3. The lowest BCUT2D eigenvalue weighted by atomic mass is 9.98. The lowest BCUT2D eigenvalue weighted by Crippen LogP contribution is -2.54. The van der Waals surface area contributed by atoms with Gasteiger partial charge in [-0.25, -0.2) is 0 Å². The zero-order valence-corrected chi connectivity index (χ0v) is 20.6. The molecule has 0 saturated carbocycles. The summed E-state index contributed by atoms with van der Waals surface area (Å²) < 4.78 is 16.7. The largest absolute Gasteiger partial charge is 0.370 e. The monoisotopic (exact) mass is 501 g/mol. The van der Waals surface area contributed by atoms with E-state index in [2.05, 4.69) is 10.6 Å². The minimum Gasteiger partial charge on any atom is -0.370 e. The van der Waals surface area contributed by atoms with Crippen LogP contribution >= 0.6 is 11.6 Å². The molecular formula is C25H28ClN3O6. The maximum absolute atomic E-state index is 13.2. The Hall–Kier alpha value is -2.98. The van der Waals surface area contributed by atoms with Crippen molar-refractivity contribution in [2.75, 3.05) is 41.9 Å². The summed E-state index contributed by atoms with van der Waals surface area (Å²) in [6.07, 6.45) is -1.07. The van der Waals surface area contributed by atoms with Gasteiger partial charge in [0.2, 0.25) is 5.91 Å². The second-order valence-electron chi connectivity index (χ2n) is 8.94. The van der Waals surface area contributed by atoms with Gasteiger partial charge in [0, 0.05) is 28.6 Å². The Labute approximate surface area is 208 Å². The van der Waals surface area contributed by atoms with E-state index in [-0.39, 0.29) is 19.1 Å². The van der Waals surface area contributed by atoms with Crippen LogP contribution in [0.1, 0.15) is 19.4 Å². The van der Waals surface area contributed by atoms with Gasteiger partial charge in [-0.1, -0.05) is 11.6 Å². The first-order chi connectivity index (χ1) is 16.6. The predicted octanol–water partition coefficient (Wildman–Crippen LogP) is 3.36. The molecule has 2 saturated heterocycles. The predicted molar refractivity (Wildman–Crippen MR) is 131 cm³/mol. The van der Waals surface area contributed by atoms with Gasteiger partial charge in [0.15, 0.2) is 11.9 Å². The Morgan fingerprint density at radius 1 is 1.06 bits per heavy atom. The Kier molecular flexibility index (Phi) is 7.42. The van der Waals surface area contributed by atoms with Crippen molar-refractivity contribution in [1.82, 2.24) is 0 Å². The standard InChI is InChI=1S/C25H28ClN3O6/c1-15-12-18(8-9-20(15)29-10-11-33-14-21(29)30)28-23(31)19-13-34-25(2,3)35-22(19)24(32)27-17-6-4-16(26)5-7-17/h4-9,12,19,22H,10-11,13-14H2,1-3H3,(H,27,32)(H,28,31). The molecule has 2 unspecified atom stereocenters. The van der Waals surface area contributed by atoms with Gasteiger partial charge < -0.3 is 29.7 Å². The lowest BCUT2D eigenvalue weighted by molar-refractivity contribution is -0.280. The molecule has 0 spiro atoms. The molecule has 9 nitrogen and oxygen atoms in total. The van der Waals surface area contributed by atoms with Gasteiger partial charge in [0.05, 0.1) is 19.1 Å². The van der Waals surface area contributed by atoms with Crippen molar-refractivity contribution in [3.63, 3.8) is 0 Å². The Morgan fingerprint density at radius 2 is 1.74 bits per heavy atom. The molecule has 2 aromatic rings. The smallest absolute Gasteiger partial charge is 0.254 e. The summed E-state index contributed by atoms with van der Waals surface area (Å²) in [6, 6.07) is 12.0. The molecule has 2 heterocycles. The SMILES string of the molecule is Cc1cc(NC(=O)C2COC(C)(C)OC2C(=O)Nc2ccc(Cl)cc2)ccc1N1CCOCC1=O. The van der Waals surface area contributed by atoms with Crippen molar-refractivity contribution < 1.29 is 28.6 Å². The molecule has 2 N–H and O–H groups in total. The number of carbonyl (C=O) groups is 3. The molecule has 0 bridgehead atoms. The van der Waals surface area contributed by atoms with E-state index in [9.17, 15) is 14.4 Å². The molecular weight excluding hydrogens is 474 g/mol. The number of morpholine rings is 1. The highest BCUT2D eigenvalue weighted by Gasteiger charge is 2.44. The topological polar surface area (TPSA) is 106 Å². The van der Waals surface area contributed by atoms with Crippen LogP contribution in [0.5, 0.6) is 0 Å². The van der Waals surface area contributed by atoms with Crippen molar-refractivity contribution in [3.05, 3.63) is 53.1 Å². The minimum absolute atomic E-state index is 0.0108. The first-order valence-electron chi connectivity index (χ1n) is 11.3. The summed E-state index contributed by atoms with van der Waals surface area (Å²) in [5.41, 5.74) is 2.67. The zero-order chi connectivity index (χ0) is 25.2. The molecule has 2 aromatic carbocycles. The maximum atomic E-state index is 13.2. The Bertz CT molecular complexity index is 1120. The zero-order valence-electron chi connectivity index (χ0n) is 19.8. The third kappa shape index (κ3) is 5.99. The molecule has 0 aliphatic carbocycles. The quantitative estimate of drug-likeness (QED) is 0.650. The van der Waals surface area contributed by atoms with Gasteiger partial charge in [0.1, 0.15) is 6.61 Å². The number of nitrogens with one attached hydrogen (secondary N) is 2. The van der Waals surface area contributed by atoms with Crippen molar-refractivity contribution in [2.24, 2.45) is 5.92 Å². The highest BCUT2D eigenvalue weighted by molar-refractivity contribution is 6.30. The molecule has 3 amide bonds. The van der Waals surface area contributed by atoms with E-state index < -0.39 is 29.6 Å². The molecule has 10 heteroatoms. The van der Waals surface area contributed by atoms with E-state index in [0.717, 1.165) is 11.3 Å². The molecule has 2 aliphatic heterocycles. The average Bonchev–Trinajstić information content (AvgIpc) is 2.80. The van der Waals surface area contributed by atoms with Gasteiger partial charge in [-0.05, 0) is 68.8 Å². The minimum atomic E-state index is -1.07. The van der Waals surface area contributed by atoms with Crippen LogP contribution in [-0.2, 0) is 28.6 Å². The summed E-state index contributed by atoms with van der Waals surface area (Å²) >= 11 is 5.92. The number of amides is 3. The van der Waals surface area contributed by atoms with Gasteiger partial charge in [-0.3, -0.25) is 14.4 Å². The van der Waals surface area contributed by atoms with Crippen LogP contribution in [0.3, 0.4) is 0 Å².